The largest absolute Gasteiger partial charge is 0.327 e. The number of hydrogen-bond acceptors (Lipinski definition) is 4. The highest BCUT2D eigenvalue weighted by molar-refractivity contribution is 7.89. The predicted octanol–water partition coefficient (Wildman–Crippen LogP) is 2.47. The third-order valence-corrected chi connectivity index (χ3v) is 6.46. The molecule has 2 unspecified atom stereocenters. The molecule has 136 valence electrons. The van der Waals surface area contributed by atoms with Crippen molar-refractivity contribution in [1.82, 2.24) is 4.31 Å². The summed E-state index contributed by atoms with van der Waals surface area (Å²) in [5.41, 5.74) is 6.11. The normalized spacial score (nSPS) is 17.8. The van der Waals surface area contributed by atoms with Crippen LogP contribution in [0.4, 0.5) is 5.69 Å². The summed E-state index contributed by atoms with van der Waals surface area (Å²) in [7, 11) is -3.64. The van der Waals surface area contributed by atoms with Crippen LogP contribution in [0.1, 0.15) is 26.7 Å². The monoisotopic (exact) mass is 395 g/mol. The maximum absolute atomic E-state index is 12.6. The van der Waals surface area contributed by atoms with Crippen molar-refractivity contribution in [2.24, 2.45) is 11.7 Å². The molecule has 1 aliphatic rings. The molecule has 1 amide bonds. The van der Waals surface area contributed by atoms with Crippen molar-refractivity contribution in [2.75, 3.05) is 18.4 Å². The van der Waals surface area contributed by atoms with Gasteiger partial charge in [-0.2, -0.15) is 4.31 Å². The van der Waals surface area contributed by atoms with Gasteiger partial charge in [-0.15, -0.1) is 12.4 Å². The van der Waals surface area contributed by atoms with E-state index in [0.717, 1.165) is 12.8 Å². The van der Waals surface area contributed by atoms with E-state index in [2.05, 4.69) is 5.32 Å². The average molecular weight is 396 g/mol. The number of halogens is 2. The lowest BCUT2D eigenvalue weighted by molar-refractivity contribution is -0.119. The van der Waals surface area contributed by atoms with Crippen LogP contribution in [0.15, 0.2) is 23.1 Å². The molecule has 0 aromatic heterocycles. The van der Waals surface area contributed by atoms with Gasteiger partial charge < -0.3 is 11.1 Å². The Morgan fingerprint density at radius 3 is 2.42 bits per heavy atom. The average Bonchev–Trinajstić information content (AvgIpc) is 3.03. The number of rotatable bonds is 5. The first-order chi connectivity index (χ1) is 10.7. The lowest BCUT2D eigenvalue weighted by Gasteiger charge is -2.18. The fourth-order valence-electron chi connectivity index (χ4n) is 2.34. The summed E-state index contributed by atoms with van der Waals surface area (Å²) in [5, 5.41) is 2.84. The molecule has 0 aliphatic carbocycles. The van der Waals surface area contributed by atoms with Crippen molar-refractivity contribution in [2.45, 2.75) is 37.6 Å². The number of hydrogen-bond donors (Lipinski definition) is 2. The third kappa shape index (κ3) is 4.61. The maximum atomic E-state index is 12.6. The van der Waals surface area contributed by atoms with E-state index in [1.165, 1.54) is 16.4 Å². The van der Waals surface area contributed by atoms with E-state index < -0.39 is 10.0 Å². The second-order valence-electron chi connectivity index (χ2n) is 5.89. The highest BCUT2D eigenvalue weighted by Gasteiger charge is 2.29. The van der Waals surface area contributed by atoms with Crippen LogP contribution in [-0.2, 0) is 14.8 Å². The summed E-state index contributed by atoms with van der Waals surface area (Å²) in [4.78, 5) is 12.1. The van der Waals surface area contributed by atoms with Crippen LogP contribution >= 0.6 is 24.0 Å². The van der Waals surface area contributed by atoms with Gasteiger partial charge in [0, 0.05) is 24.8 Å². The van der Waals surface area contributed by atoms with Gasteiger partial charge in [0.05, 0.1) is 10.9 Å². The van der Waals surface area contributed by atoms with Crippen molar-refractivity contribution < 1.29 is 13.2 Å². The van der Waals surface area contributed by atoms with Crippen LogP contribution in [0.2, 0.25) is 5.02 Å². The molecule has 2 rings (SSSR count). The number of anilines is 1. The smallest absolute Gasteiger partial charge is 0.244 e. The van der Waals surface area contributed by atoms with Crippen molar-refractivity contribution >= 4 is 45.6 Å². The minimum atomic E-state index is -3.64. The van der Waals surface area contributed by atoms with Crippen molar-refractivity contribution in [1.29, 1.82) is 0 Å². The third-order valence-electron chi connectivity index (χ3n) is 4.08. The molecular formula is C15H23Cl2N3O3S. The second kappa shape index (κ2) is 8.49. The van der Waals surface area contributed by atoms with Crippen molar-refractivity contribution in [3.8, 4) is 0 Å². The molecule has 1 aliphatic heterocycles. The first-order valence-electron chi connectivity index (χ1n) is 7.59. The van der Waals surface area contributed by atoms with Gasteiger partial charge in [0.1, 0.15) is 4.90 Å². The molecule has 1 aromatic carbocycles. The van der Waals surface area contributed by atoms with Crippen LogP contribution in [-0.4, -0.2) is 37.8 Å². The SMILES string of the molecule is CC(N)C(C)C(=O)Nc1ccc(Cl)c(S(=O)(=O)N2CCCC2)c1.Cl. The van der Waals surface area contributed by atoms with Crippen LogP contribution in [0.3, 0.4) is 0 Å². The molecule has 24 heavy (non-hydrogen) atoms. The van der Waals surface area contributed by atoms with E-state index in [9.17, 15) is 13.2 Å². The van der Waals surface area contributed by atoms with E-state index >= 15 is 0 Å². The highest BCUT2D eigenvalue weighted by Crippen LogP contribution is 2.29. The highest BCUT2D eigenvalue weighted by atomic mass is 35.5. The molecular weight excluding hydrogens is 373 g/mol. The quantitative estimate of drug-likeness (QED) is 0.800. The number of carbonyl (C=O) groups is 1. The van der Waals surface area contributed by atoms with E-state index in [-0.39, 0.29) is 40.2 Å². The Morgan fingerprint density at radius 2 is 1.88 bits per heavy atom. The molecule has 1 heterocycles. The van der Waals surface area contributed by atoms with Gasteiger partial charge in [0.15, 0.2) is 0 Å². The summed E-state index contributed by atoms with van der Waals surface area (Å²) in [6.07, 6.45) is 1.69. The fraction of sp³-hybridized carbons (Fsp3) is 0.533. The Kier molecular flexibility index (Phi) is 7.49. The minimum Gasteiger partial charge on any atom is -0.327 e. The van der Waals surface area contributed by atoms with Gasteiger partial charge in [0.25, 0.3) is 0 Å². The van der Waals surface area contributed by atoms with Crippen LogP contribution in [0, 0.1) is 5.92 Å². The maximum Gasteiger partial charge on any atom is 0.244 e. The lowest BCUT2D eigenvalue weighted by Crippen LogP contribution is -2.34. The molecule has 0 radical (unpaired) electrons. The first kappa shape index (κ1) is 21.2. The lowest BCUT2D eigenvalue weighted by atomic mass is 10.0. The predicted molar refractivity (Wildman–Crippen MR) is 98.1 cm³/mol. The Bertz CT molecular complexity index is 689. The number of nitrogens with zero attached hydrogens (tertiary/aromatic N) is 1. The summed E-state index contributed by atoms with van der Waals surface area (Å²) >= 11 is 6.07. The number of benzene rings is 1. The zero-order valence-electron chi connectivity index (χ0n) is 13.7. The molecule has 3 N–H and O–H groups in total. The van der Waals surface area contributed by atoms with Crippen molar-refractivity contribution in [3.63, 3.8) is 0 Å². The molecule has 1 aromatic rings. The summed E-state index contributed by atoms with van der Waals surface area (Å²) in [6.45, 7) is 4.46. The summed E-state index contributed by atoms with van der Waals surface area (Å²) in [6, 6.07) is 4.17. The number of amides is 1. The standard InChI is InChI=1S/C15H22ClN3O3S.ClH/c1-10(11(2)17)15(20)18-12-5-6-13(16)14(9-12)23(21,22)19-7-3-4-8-19;/h5-6,9-11H,3-4,7-8,17H2,1-2H3,(H,18,20);1H. The van der Waals surface area contributed by atoms with Crippen LogP contribution < -0.4 is 11.1 Å². The van der Waals surface area contributed by atoms with Crippen LogP contribution in [0.5, 0.6) is 0 Å². The molecule has 6 nitrogen and oxygen atoms in total. The Labute approximate surface area is 154 Å². The van der Waals surface area contributed by atoms with Gasteiger partial charge in [-0.3, -0.25) is 4.79 Å². The van der Waals surface area contributed by atoms with E-state index in [4.69, 9.17) is 17.3 Å². The molecule has 1 fully saturated rings. The van der Waals surface area contributed by atoms with Gasteiger partial charge >= 0.3 is 0 Å². The van der Waals surface area contributed by atoms with Crippen molar-refractivity contribution in [3.05, 3.63) is 23.2 Å². The second-order valence-corrected chi connectivity index (χ2v) is 8.21. The van der Waals surface area contributed by atoms with E-state index in [1.54, 1.807) is 19.9 Å². The number of nitrogens with one attached hydrogen (secondary N) is 1. The number of sulfonamides is 1. The van der Waals surface area contributed by atoms with E-state index in [0.29, 0.717) is 18.8 Å². The fourth-order valence-corrected chi connectivity index (χ4v) is 4.36. The Balaban J connectivity index is 0.00000288. The first-order valence-corrected chi connectivity index (χ1v) is 9.41. The Hall–Kier alpha value is -0.860. The minimum absolute atomic E-state index is 0. The number of nitrogens with two attached hydrogens (primary N) is 1. The van der Waals surface area contributed by atoms with Gasteiger partial charge in [-0.1, -0.05) is 18.5 Å². The molecule has 0 spiro atoms. The molecule has 0 saturated carbocycles. The van der Waals surface area contributed by atoms with E-state index in [1.807, 2.05) is 0 Å². The summed E-state index contributed by atoms with van der Waals surface area (Å²) in [5.74, 6) is -0.642. The van der Waals surface area contributed by atoms with Gasteiger partial charge in [-0.05, 0) is 38.0 Å². The Morgan fingerprint density at radius 1 is 1.29 bits per heavy atom. The zero-order valence-corrected chi connectivity index (χ0v) is 16.0. The summed E-state index contributed by atoms with van der Waals surface area (Å²) < 4.78 is 26.7. The molecule has 0 bridgehead atoms. The zero-order chi connectivity index (χ0) is 17.2. The number of carbonyl (C=O) groups excluding carboxylic acids is 1. The molecule has 9 heteroatoms. The van der Waals surface area contributed by atoms with Gasteiger partial charge in [0.2, 0.25) is 15.9 Å². The molecule has 1 saturated heterocycles. The topological polar surface area (TPSA) is 92.5 Å². The van der Waals surface area contributed by atoms with Gasteiger partial charge in [-0.25, -0.2) is 8.42 Å². The van der Waals surface area contributed by atoms with Crippen LogP contribution in [0.25, 0.3) is 0 Å². The molecule has 2 atom stereocenters.